The van der Waals surface area contributed by atoms with Crippen LogP contribution in [-0.2, 0) is 35.7 Å². The van der Waals surface area contributed by atoms with Gasteiger partial charge in [0, 0.05) is 30.2 Å². The van der Waals surface area contributed by atoms with Crippen molar-refractivity contribution < 1.29 is 19.5 Å². The normalized spacial score (nSPS) is 11.0. The molecule has 0 saturated heterocycles. The topological polar surface area (TPSA) is 78.9 Å². The highest BCUT2D eigenvalue weighted by molar-refractivity contribution is 6.30. The molecule has 3 aromatic carbocycles. The van der Waals surface area contributed by atoms with Gasteiger partial charge in [-0.15, -0.1) is 0 Å². The molecule has 3 aromatic rings. The predicted octanol–water partition coefficient (Wildman–Crippen LogP) is 6.02. The van der Waals surface area contributed by atoms with Crippen LogP contribution in [0, 0.1) is 0 Å². The Morgan fingerprint density at radius 1 is 0.889 bits per heavy atom. The first-order valence-electron chi connectivity index (χ1n) is 12.2. The van der Waals surface area contributed by atoms with Gasteiger partial charge in [-0.25, -0.2) is 4.79 Å². The fourth-order valence-corrected chi connectivity index (χ4v) is 3.91. The number of unbranched alkanes of at least 4 members (excludes halogenated alkanes) is 2. The molecule has 6 nitrogen and oxygen atoms in total. The molecule has 0 radical (unpaired) electrons. The molecule has 7 heteroatoms. The predicted molar refractivity (Wildman–Crippen MR) is 142 cm³/mol. The molecule has 0 saturated carbocycles. The molecule has 36 heavy (non-hydrogen) atoms. The van der Waals surface area contributed by atoms with Gasteiger partial charge in [0.2, 0.25) is 0 Å². The van der Waals surface area contributed by atoms with Gasteiger partial charge >= 0.3 is 5.97 Å². The average Bonchev–Trinajstić information content (AvgIpc) is 2.88. The monoisotopic (exact) mass is 508 g/mol. The molecule has 0 spiro atoms. The maximum absolute atomic E-state index is 12.8. The van der Waals surface area contributed by atoms with E-state index in [-0.39, 0.29) is 5.91 Å². The number of carbonyl (C=O) groups excluding carboxylic acids is 1. The van der Waals surface area contributed by atoms with Crippen LogP contribution < -0.4 is 5.32 Å². The lowest BCUT2D eigenvalue weighted by atomic mass is 10.1. The van der Waals surface area contributed by atoms with Crippen molar-refractivity contribution in [1.29, 1.82) is 0 Å². The highest BCUT2D eigenvalue weighted by Gasteiger charge is 2.13. The molecule has 0 fully saturated rings. The maximum atomic E-state index is 12.8. The number of carbonyl (C=O) groups is 2. The van der Waals surface area contributed by atoms with E-state index in [9.17, 15) is 9.59 Å². The summed E-state index contributed by atoms with van der Waals surface area (Å²) in [5.41, 5.74) is 4.66. The Hall–Kier alpha value is -3.19. The fraction of sp³-hybridized carbons (Fsp3) is 0.310. The summed E-state index contributed by atoms with van der Waals surface area (Å²) >= 11 is 5.96. The molecule has 0 unspecified atom stereocenters. The molecule has 0 atom stereocenters. The number of hydrogen-bond donors (Lipinski definition) is 2. The number of nitrogens with one attached hydrogen (secondary N) is 1. The zero-order valence-electron chi connectivity index (χ0n) is 20.6. The molecule has 190 valence electrons. The zero-order valence-corrected chi connectivity index (χ0v) is 21.3. The average molecular weight is 509 g/mol. The van der Waals surface area contributed by atoms with Crippen LogP contribution in [0.3, 0.4) is 0 Å². The largest absolute Gasteiger partial charge is 0.479 e. The Balaban J connectivity index is 1.59. The van der Waals surface area contributed by atoms with Gasteiger partial charge in [0.25, 0.3) is 5.91 Å². The van der Waals surface area contributed by atoms with Crippen LogP contribution in [0.4, 0.5) is 0 Å². The van der Waals surface area contributed by atoms with E-state index in [2.05, 4.69) is 36.5 Å². The van der Waals surface area contributed by atoms with Crippen LogP contribution in [0.1, 0.15) is 58.8 Å². The third-order valence-corrected chi connectivity index (χ3v) is 5.99. The molecule has 0 bridgehead atoms. The van der Waals surface area contributed by atoms with E-state index >= 15 is 0 Å². The van der Waals surface area contributed by atoms with E-state index < -0.39 is 12.6 Å². The lowest BCUT2D eigenvalue weighted by Crippen LogP contribution is -2.27. The minimum atomic E-state index is -1.06. The van der Waals surface area contributed by atoms with Crippen molar-refractivity contribution in [1.82, 2.24) is 10.4 Å². The van der Waals surface area contributed by atoms with E-state index in [4.69, 9.17) is 21.5 Å². The third-order valence-electron chi connectivity index (χ3n) is 5.74. The Morgan fingerprint density at radius 3 is 2.25 bits per heavy atom. The van der Waals surface area contributed by atoms with Crippen molar-refractivity contribution >= 4 is 23.5 Å². The summed E-state index contributed by atoms with van der Waals surface area (Å²) in [6, 6.07) is 22.9. The van der Waals surface area contributed by atoms with Gasteiger partial charge in [-0.1, -0.05) is 79.9 Å². The molecule has 0 aliphatic heterocycles. The lowest BCUT2D eigenvalue weighted by molar-refractivity contribution is -0.190. The first kappa shape index (κ1) is 27.4. The number of carboxylic acids is 1. The molecule has 2 N–H and O–H groups in total. The third kappa shape index (κ3) is 9.46. The van der Waals surface area contributed by atoms with Gasteiger partial charge in [0.1, 0.15) is 0 Å². The first-order chi connectivity index (χ1) is 17.4. The molecular formula is C29H33ClN2O4. The van der Waals surface area contributed by atoms with Crippen molar-refractivity contribution in [2.75, 3.05) is 6.61 Å². The van der Waals surface area contributed by atoms with Crippen molar-refractivity contribution in [3.63, 3.8) is 0 Å². The summed E-state index contributed by atoms with van der Waals surface area (Å²) in [4.78, 5) is 29.3. The highest BCUT2D eigenvalue weighted by atomic mass is 35.5. The van der Waals surface area contributed by atoms with Crippen molar-refractivity contribution in [3.05, 3.63) is 106 Å². The van der Waals surface area contributed by atoms with Gasteiger partial charge in [-0.3, -0.25) is 9.63 Å². The van der Waals surface area contributed by atoms with E-state index in [1.54, 1.807) is 29.3 Å². The maximum Gasteiger partial charge on any atom is 0.331 e. The Bertz CT molecular complexity index is 1120. The van der Waals surface area contributed by atoms with Crippen molar-refractivity contribution in [2.24, 2.45) is 0 Å². The Kier molecular flexibility index (Phi) is 11.0. The number of hydrogen-bond acceptors (Lipinski definition) is 4. The number of aliphatic carboxylic acids is 1. The van der Waals surface area contributed by atoms with E-state index in [1.807, 2.05) is 24.3 Å². The van der Waals surface area contributed by atoms with Gasteiger partial charge in [0.05, 0.1) is 0 Å². The number of hydroxylamine groups is 2. The van der Waals surface area contributed by atoms with Gasteiger partial charge in [-0.05, 0) is 59.4 Å². The second kappa shape index (κ2) is 14.4. The van der Waals surface area contributed by atoms with Crippen LogP contribution in [0.15, 0.2) is 72.8 Å². The fourth-order valence-electron chi connectivity index (χ4n) is 3.79. The second-order valence-electron chi connectivity index (χ2n) is 8.75. The summed E-state index contributed by atoms with van der Waals surface area (Å²) < 4.78 is 0. The molecule has 0 aliphatic rings. The Morgan fingerprint density at radius 2 is 1.56 bits per heavy atom. The van der Waals surface area contributed by atoms with Crippen LogP contribution in [-0.4, -0.2) is 28.7 Å². The number of halogens is 1. The summed E-state index contributed by atoms with van der Waals surface area (Å²) in [6.07, 6.45) is 4.72. The number of benzene rings is 3. The number of amides is 1. The summed E-state index contributed by atoms with van der Waals surface area (Å²) in [6.45, 7) is 2.88. The van der Waals surface area contributed by atoms with E-state index in [0.717, 1.165) is 23.1 Å². The van der Waals surface area contributed by atoms with Crippen LogP contribution in [0.25, 0.3) is 0 Å². The minimum Gasteiger partial charge on any atom is -0.479 e. The van der Waals surface area contributed by atoms with Crippen LogP contribution in [0.5, 0.6) is 0 Å². The molecule has 0 aliphatic carbocycles. The Labute approximate surface area is 217 Å². The van der Waals surface area contributed by atoms with Gasteiger partial charge in [0.15, 0.2) is 6.61 Å². The van der Waals surface area contributed by atoms with E-state index in [0.29, 0.717) is 30.2 Å². The highest BCUT2D eigenvalue weighted by Crippen LogP contribution is 2.15. The number of aryl methyl sites for hydroxylation is 1. The summed E-state index contributed by atoms with van der Waals surface area (Å²) in [7, 11) is 0. The standard InChI is InChI=1S/C29H33ClN2O4/c1-2-3-4-6-22-9-11-23(12-10-22)18-31-29(35)26-8-5-7-25(17-26)20-32(36-21-28(33)34)19-24-13-15-27(30)16-14-24/h5,7-17H,2-4,6,18-21H2,1H3,(H,31,35)(H,33,34). The molecule has 0 heterocycles. The molecule has 1 amide bonds. The lowest BCUT2D eigenvalue weighted by Gasteiger charge is -2.21. The van der Waals surface area contributed by atoms with Crippen molar-refractivity contribution in [3.8, 4) is 0 Å². The molecule has 0 aromatic heterocycles. The van der Waals surface area contributed by atoms with Crippen LogP contribution in [0.2, 0.25) is 5.02 Å². The van der Waals surface area contributed by atoms with Gasteiger partial charge < -0.3 is 10.4 Å². The van der Waals surface area contributed by atoms with E-state index in [1.165, 1.54) is 24.8 Å². The summed E-state index contributed by atoms with van der Waals surface area (Å²) in [5.74, 6) is -1.22. The molecular weight excluding hydrogens is 476 g/mol. The number of nitrogens with zero attached hydrogens (tertiary/aromatic N) is 1. The number of rotatable bonds is 14. The quantitative estimate of drug-likeness (QED) is 0.205. The number of carboxylic acid groups (broad SMARTS) is 1. The smallest absolute Gasteiger partial charge is 0.331 e. The summed E-state index contributed by atoms with van der Waals surface area (Å²) in [5, 5.41) is 14.2. The van der Waals surface area contributed by atoms with Crippen molar-refractivity contribution in [2.45, 2.75) is 52.2 Å². The zero-order chi connectivity index (χ0) is 25.8. The van der Waals surface area contributed by atoms with Crippen LogP contribution >= 0.6 is 11.6 Å². The SMILES string of the molecule is CCCCCc1ccc(CNC(=O)c2cccc(CN(Cc3ccc(Cl)cc3)OCC(=O)O)c2)cc1. The first-order valence-corrected chi connectivity index (χ1v) is 12.6. The minimum absolute atomic E-state index is 0.167. The van der Waals surface area contributed by atoms with Gasteiger partial charge in [-0.2, -0.15) is 5.06 Å². The molecule has 3 rings (SSSR count). The second-order valence-corrected chi connectivity index (χ2v) is 9.18.